The summed E-state index contributed by atoms with van der Waals surface area (Å²) in [4.78, 5) is 26.1. The van der Waals surface area contributed by atoms with Crippen LogP contribution in [0.2, 0.25) is 0 Å². The number of benzene rings is 1. The Balaban J connectivity index is 2.70. The molecule has 7 nitrogen and oxygen atoms in total. The second kappa shape index (κ2) is 11.2. The van der Waals surface area contributed by atoms with Crippen molar-refractivity contribution in [1.29, 1.82) is 0 Å². The first-order valence-corrected chi connectivity index (χ1v) is 12.2. The van der Waals surface area contributed by atoms with E-state index in [9.17, 15) is 9.59 Å². The van der Waals surface area contributed by atoms with Gasteiger partial charge in [-0.15, -0.1) is 0 Å². The predicted molar refractivity (Wildman–Crippen MR) is 137 cm³/mol. The summed E-state index contributed by atoms with van der Waals surface area (Å²) in [6.45, 7) is 18.8. The van der Waals surface area contributed by atoms with Crippen LogP contribution >= 0.6 is 0 Å². The zero-order chi connectivity index (χ0) is 25.7. The van der Waals surface area contributed by atoms with Crippen molar-refractivity contribution in [3.05, 3.63) is 34.2 Å². The molecular formula is C27H42N2O5. The summed E-state index contributed by atoms with van der Waals surface area (Å²) in [5, 5.41) is 4.07. The van der Waals surface area contributed by atoms with Crippen LogP contribution in [-0.2, 0) is 17.8 Å². The van der Waals surface area contributed by atoms with Crippen molar-refractivity contribution in [3.8, 4) is 11.5 Å². The van der Waals surface area contributed by atoms with Crippen LogP contribution in [0.15, 0.2) is 23.0 Å². The Kier molecular flexibility index (Phi) is 9.03. The average molecular weight is 475 g/mol. The van der Waals surface area contributed by atoms with E-state index in [0.717, 1.165) is 12.8 Å². The third-order valence-electron chi connectivity index (χ3n) is 4.85. The molecule has 2 rings (SSSR count). The van der Waals surface area contributed by atoms with Crippen molar-refractivity contribution in [3.63, 3.8) is 0 Å². The summed E-state index contributed by atoms with van der Waals surface area (Å²) in [7, 11) is 0. The molecule has 34 heavy (non-hydrogen) atoms. The lowest BCUT2D eigenvalue weighted by Gasteiger charge is -2.26. The smallest absolute Gasteiger partial charge is 0.407 e. The van der Waals surface area contributed by atoms with Crippen LogP contribution in [0.25, 0.3) is 10.8 Å². The van der Waals surface area contributed by atoms with Gasteiger partial charge in [0, 0.05) is 11.9 Å². The summed E-state index contributed by atoms with van der Waals surface area (Å²) in [6, 6.07) is 5.47. The Bertz CT molecular complexity index is 1040. The quantitative estimate of drug-likeness (QED) is 0.448. The molecule has 1 N–H and O–H groups in total. The SMILES string of the molecule is CCCCOc1c(CNC(=O)OC(C)(C)C)n(CC(C)(C)C)c(=O)c2ccc(OC(C)C)cc12. The first-order chi connectivity index (χ1) is 15.7. The van der Waals surface area contributed by atoms with Crippen molar-refractivity contribution in [2.75, 3.05) is 6.61 Å². The van der Waals surface area contributed by atoms with Gasteiger partial charge in [0.25, 0.3) is 5.56 Å². The number of hydrogen-bond donors (Lipinski definition) is 1. The van der Waals surface area contributed by atoms with Crippen LogP contribution in [0.3, 0.4) is 0 Å². The number of nitrogens with zero attached hydrogens (tertiary/aromatic N) is 1. The third-order valence-corrected chi connectivity index (χ3v) is 4.85. The van der Waals surface area contributed by atoms with E-state index in [1.165, 1.54) is 0 Å². The number of nitrogens with one attached hydrogen (secondary N) is 1. The second-order valence-corrected chi connectivity index (χ2v) is 11.2. The fraction of sp³-hybridized carbons (Fsp3) is 0.630. The molecule has 1 aromatic carbocycles. The number of aromatic nitrogens is 1. The van der Waals surface area contributed by atoms with Crippen LogP contribution in [0, 0.1) is 5.41 Å². The van der Waals surface area contributed by atoms with Crippen LogP contribution in [0.5, 0.6) is 11.5 Å². The van der Waals surface area contributed by atoms with E-state index >= 15 is 0 Å². The van der Waals surface area contributed by atoms with E-state index in [1.54, 1.807) is 10.6 Å². The van der Waals surface area contributed by atoms with Gasteiger partial charge in [0.2, 0.25) is 0 Å². The summed E-state index contributed by atoms with van der Waals surface area (Å²) in [5.41, 5.74) is -0.289. The normalized spacial score (nSPS) is 12.2. The van der Waals surface area contributed by atoms with E-state index in [4.69, 9.17) is 14.2 Å². The fourth-order valence-corrected chi connectivity index (χ4v) is 3.56. The molecule has 0 saturated carbocycles. The van der Waals surface area contributed by atoms with Crippen molar-refractivity contribution in [2.24, 2.45) is 5.41 Å². The minimum absolute atomic E-state index is 0.00326. The van der Waals surface area contributed by atoms with Crippen LogP contribution in [0.1, 0.15) is 80.8 Å². The standard InChI is InChI=1S/C27H42N2O5/c1-10-11-14-32-23-21-15-19(33-18(2)3)12-13-20(21)24(30)29(17-26(4,5)6)22(23)16-28-25(31)34-27(7,8)9/h12-13,15,18H,10-11,14,16-17H2,1-9H3,(H,28,31). The Hall–Kier alpha value is -2.70. The lowest BCUT2D eigenvalue weighted by atomic mass is 9.96. The van der Waals surface area contributed by atoms with Crippen LogP contribution in [0.4, 0.5) is 4.79 Å². The molecule has 0 spiro atoms. The highest BCUT2D eigenvalue weighted by Crippen LogP contribution is 2.33. The molecule has 0 aliphatic heterocycles. The molecular weight excluding hydrogens is 432 g/mol. The second-order valence-electron chi connectivity index (χ2n) is 11.2. The number of amides is 1. The molecule has 0 radical (unpaired) electrons. The molecule has 7 heteroatoms. The summed E-state index contributed by atoms with van der Waals surface area (Å²) >= 11 is 0. The number of carbonyl (C=O) groups excluding carboxylic acids is 1. The first kappa shape index (κ1) is 27.5. The van der Waals surface area contributed by atoms with Gasteiger partial charge in [0.05, 0.1) is 30.3 Å². The van der Waals surface area contributed by atoms with Crippen molar-refractivity contribution in [2.45, 2.75) is 99.9 Å². The maximum absolute atomic E-state index is 13.6. The van der Waals surface area contributed by atoms with E-state index in [0.29, 0.717) is 41.1 Å². The minimum atomic E-state index is -0.623. The number of unbranched alkanes of at least 4 members (excludes halogenated alkanes) is 1. The molecule has 2 aromatic rings. The van der Waals surface area contributed by atoms with Gasteiger partial charge in [-0.2, -0.15) is 0 Å². The molecule has 0 fully saturated rings. The monoisotopic (exact) mass is 474 g/mol. The molecule has 1 amide bonds. The highest BCUT2D eigenvalue weighted by Gasteiger charge is 2.24. The van der Waals surface area contributed by atoms with E-state index in [-0.39, 0.29) is 23.6 Å². The summed E-state index contributed by atoms with van der Waals surface area (Å²) < 4.78 is 19.3. The number of pyridine rings is 1. The summed E-state index contributed by atoms with van der Waals surface area (Å²) in [6.07, 6.45) is 1.31. The lowest BCUT2D eigenvalue weighted by Crippen LogP contribution is -2.36. The maximum atomic E-state index is 13.6. The fourth-order valence-electron chi connectivity index (χ4n) is 3.56. The predicted octanol–water partition coefficient (Wildman–Crippen LogP) is 6.04. The average Bonchev–Trinajstić information content (AvgIpc) is 2.67. The Morgan fingerprint density at radius 2 is 1.76 bits per heavy atom. The molecule has 0 aliphatic rings. The van der Waals surface area contributed by atoms with Crippen molar-refractivity contribution < 1.29 is 19.0 Å². The maximum Gasteiger partial charge on any atom is 0.407 e. The number of carbonyl (C=O) groups is 1. The summed E-state index contributed by atoms with van der Waals surface area (Å²) in [5.74, 6) is 1.26. The van der Waals surface area contributed by atoms with Crippen molar-refractivity contribution >= 4 is 16.9 Å². The Labute approximate surface area is 203 Å². The van der Waals surface area contributed by atoms with Gasteiger partial charge in [-0.1, -0.05) is 34.1 Å². The highest BCUT2D eigenvalue weighted by molar-refractivity contribution is 5.90. The van der Waals surface area contributed by atoms with Crippen LogP contribution < -0.4 is 20.3 Å². The molecule has 190 valence electrons. The van der Waals surface area contributed by atoms with Gasteiger partial charge in [0.1, 0.15) is 17.1 Å². The number of fused-ring (bicyclic) bond motifs is 1. The largest absolute Gasteiger partial charge is 0.491 e. The van der Waals surface area contributed by atoms with E-state index in [2.05, 4.69) is 33.0 Å². The Morgan fingerprint density at radius 3 is 2.32 bits per heavy atom. The molecule has 0 saturated heterocycles. The molecule has 1 aromatic heterocycles. The van der Waals surface area contributed by atoms with Gasteiger partial charge >= 0.3 is 6.09 Å². The van der Waals surface area contributed by atoms with Crippen LogP contribution in [-0.4, -0.2) is 29.0 Å². The highest BCUT2D eigenvalue weighted by atomic mass is 16.6. The molecule has 1 heterocycles. The topological polar surface area (TPSA) is 78.8 Å². The number of alkyl carbamates (subject to hydrolysis) is 1. The zero-order valence-electron chi connectivity index (χ0n) is 22.3. The Morgan fingerprint density at radius 1 is 1.09 bits per heavy atom. The zero-order valence-corrected chi connectivity index (χ0v) is 22.3. The van der Waals surface area contributed by atoms with Gasteiger partial charge < -0.3 is 24.1 Å². The van der Waals surface area contributed by atoms with Gasteiger partial charge in [-0.05, 0) is 64.7 Å². The number of hydrogen-bond acceptors (Lipinski definition) is 5. The van der Waals surface area contributed by atoms with Gasteiger partial charge in [-0.25, -0.2) is 4.79 Å². The first-order valence-electron chi connectivity index (χ1n) is 12.2. The number of rotatable bonds is 9. The molecule has 0 aliphatic carbocycles. The molecule has 0 unspecified atom stereocenters. The molecule has 0 atom stereocenters. The van der Waals surface area contributed by atoms with Gasteiger partial charge in [-0.3, -0.25) is 4.79 Å². The minimum Gasteiger partial charge on any atom is -0.491 e. The molecule has 0 bridgehead atoms. The van der Waals surface area contributed by atoms with Crippen molar-refractivity contribution in [1.82, 2.24) is 9.88 Å². The van der Waals surface area contributed by atoms with E-state index < -0.39 is 11.7 Å². The lowest BCUT2D eigenvalue weighted by molar-refractivity contribution is 0.0521. The third kappa shape index (κ3) is 7.96. The van der Waals surface area contributed by atoms with Gasteiger partial charge in [0.15, 0.2) is 0 Å². The number of ether oxygens (including phenoxy) is 3. The van der Waals surface area contributed by atoms with E-state index in [1.807, 2.05) is 46.8 Å².